The van der Waals surface area contributed by atoms with E-state index in [1.165, 1.54) is 0 Å². The van der Waals surface area contributed by atoms with E-state index in [-0.39, 0.29) is 11.6 Å². The van der Waals surface area contributed by atoms with Gasteiger partial charge in [0.25, 0.3) is 0 Å². The van der Waals surface area contributed by atoms with Crippen LogP contribution in [0.1, 0.15) is 41.5 Å². The van der Waals surface area contributed by atoms with E-state index < -0.39 is 23.5 Å². The van der Waals surface area contributed by atoms with Crippen LogP contribution in [-0.4, -0.2) is 22.6 Å². The Bertz CT molecular complexity index is 364. The normalized spacial score (nSPS) is 15.1. The average Bonchev–Trinajstić information content (AvgIpc) is 2.12. The Labute approximate surface area is 108 Å². The second-order valence-corrected chi connectivity index (χ2v) is 5.66. The Balaban J connectivity index is 5.29. The molecule has 0 saturated carbocycles. The number of carboxylic acid groups (broad SMARTS) is 1. The minimum Gasteiger partial charge on any atom is -0.477 e. The van der Waals surface area contributed by atoms with Crippen molar-refractivity contribution >= 4 is 11.9 Å². The monoisotopic (exact) mass is 257 g/mol. The van der Waals surface area contributed by atoms with Crippen LogP contribution in [0.4, 0.5) is 0 Å². The van der Waals surface area contributed by atoms with Gasteiger partial charge in [-0.2, -0.15) is 0 Å². The number of carbonyl (C=O) groups excluding carboxylic acids is 1. The van der Waals surface area contributed by atoms with Crippen LogP contribution >= 0.6 is 0 Å². The Morgan fingerprint density at radius 3 is 1.94 bits per heavy atom. The molecule has 18 heavy (non-hydrogen) atoms. The first kappa shape index (κ1) is 16.5. The number of ether oxygens (including phenoxy) is 1. The van der Waals surface area contributed by atoms with Crippen molar-refractivity contribution in [3.63, 3.8) is 0 Å². The fourth-order valence-corrected chi connectivity index (χ4v) is 1.65. The second kappa shape index (κ2) is 5.89. The van der Waals surface area contributed by atoms with Crippen LogP contribution in [-0.2, 0) is 14.3 Å². The number of esters is 1. The number of carbonyl (C=O) groups is 2. The van der Waals surface area contributed by atoms with Crippen molar-refractivity contribution < 1.29 is 19.4 Å². The average molecular weight is 257 g/mol. The van der Waals surface area contributed by atoms with E-state index in [1.54, 1.807) is 27.7 Å². The molecule has 0 bridgehead atoms. The van der Waals surface area contributed by atoms with Gasteiger partial charge >= 0.3 is 11.9 Å². The predicted molar refractivity (Wildman–Crippen MR) is 68.7 cm³/mol. The summed E-state index contributed by atoms with van der Waals surface area (Å²) in [6, 6.07) is 0. The van der Waals surface area contributed by atoms with Crippen molar-refractivity contribution in [1.82, 2.24) is 0 Å². The Morgan fingerprint density at radius 1 is 1.22 bits per heavy atom. The Hall–Kier alpha value is -1.52. The van der Waals surface area contributed by atoms with Crippen LogP contribution in [0.3, 0.4) is 0 Å². The van der Waals surface area contributed by atoms with Gasteiger partial charge < -0.3 is 15.6 Å². The molecule has 0 saturated heterocycles. The summed E-state index contributed by atoms with van der Waals surface area (Å²) in [5, 5.41) is 8.86. The van der Waals surface area contributed by atoms with Crippen molar-refractivity contribution in [2.45, 2.75) is 47.1 Å². The topological polar surface area (TPSA) is 89.6 Å². The summed E-state index contributed by atoms with van der Waals surface area (Å²) in [5.74, 6) is -2.39. The van der Waals surface area contributed by atoms with E-state index in [0.717, 1.165) is 0 Å². The van der Waals surface area contributed by atoms with Gasteiger partial charge in [-0.25, -0.2) is 4.79 Å². The summed E-state index contributed by atoms with van der Waals surface area (Å²) >= 11 is 0. The summed E-state index contributed by atoms with van der Waals surface area (Å²) in [6.45, 7) is 10.5. The molecule has 0 amide bonds. The van der Waals surface area contributed by atoms with E-state index in [0.29, 0.717) is 5.57 Å². The molecule has 0 aromatic carbocycles. The highest BCUT2D eigenvalue weighted by Gasteiger charge is 2.31. The lowest BCUT2D eigenvalue weighted by atomic mass is 9.87. The molecule has 0 aliphatic carbocycles. The molecule has 0 aromatic heterocycles. The molecule has 5 nitrogen and oxygen atoms in total. The lowest BCUT2D eigenvalue weighted by Crippen LogP contribution is -2.33. The number of nitrogens with two attached hydrogens (primary N) is 1. The van der Waals surface area contributed by atoms with Gasteiger partial charge in [0, 0.05) is 0 Å². The maximum Gasteiger partial charge on any atom is 0.351 e. The van der Waals surface area contributed by atoms with Crippen LogP contribution < -0.4 is 5.73 Å². The highest BCUT2D eigenvalue weighted by atomic mass is 16.6. The van der Waals surface area contributed by atoms with Crippen molar-refractivity contribution in [3.05, 3.63) is 11.3 Å². The van der Waals surface area contributed by atoms with Crippen molar-refractivity contribution in [2.24, 2.45) is 17.6 Å². The lowest BCUT2D eigenvalue weighted by Gasteiger charge is -2.26. The minimum absolute atomic E-state index is 0.0854. The molecule has 0 spiro atoms. The molecule has 0 fully saturated rings. The molecule has 0 aliphatic heterocycles. The first-order valence-electron chi connectivity index (χ1n) is 5.89. The molecule has 0 rings (SSSR count). The van der Waals surface area contributed by atoms with Gasteiger partial charge in [-0.1, -0.05) is 13.8 Å². The molecule has 3 N–H and O–H groups in total. The maximum absolute atomic E-state index is 12.1. The molecule has 1 atom stereocenters. The first-order valence-corrected chi connectivity index (χ1v) is 5.89. The van der Waals surface area contributed by atoms with Crippen molar-refractivity contribution in [2.75, 3.05) is 0 Å². The van der Waals surface area contributed by atoms with Crippen LogP contribution in [0.25, 0.3) is 0 Å². The quantitative estimate of drug-likeness (QED) is 0.593. The summed E-state index contributed by atoms with van der Waals surface area (Å²) in [4.78, 5) is 22.9. The number of carboxylic acids is 1. The SMILES string of the molecule is CC(=C(N)C(=O)O)C(C(=O)OC(C)(C)C)C(C)C. The Kier molecular flexibility index (Phi) is 5.39. The molecule has 0 radical (unpaired) electrons. The number of rotatable bonds is 4. The summed E-state index contributed by atoms with van der Waals surface area (Å²) < 4.78 is 5.29. The molecule has 0 aliphatic rings. The Morgan fingerprint density at radius 2 is 1.67 bits per heavy atom. The third-order valence-corrected chi connectivity index (χ3v) is 2.45. The van der Waals surface area contributed by atoms with Crippen molar-refractivity contribution in [3.8, 4) is 0 Å². The third-order valence-electron chi connectivity index (χ3n) is 2.45. The van der Waals surface area contributed by atoms with Crippen LogP contribution in [0.15, 0.2) is 11.3 Å². The largest absolute Gasteiger partial charge is 0.477 e. The number of aliphatic carboxylic acids is 1. The minimum atomic E-state index is -1.22. The van der Waals surface area contributed by atoms with E-state index in [4.69, 9.17) is 15.6 Å². The zero-order valence-electron chi connectivity index (χ0n) is 11.9. The van der Waals surface area contributed by atoms with Gasteiger partial charge in [0.1, 0.15) is 11.3 Å². The van der Waals surface area contributed by atoms with E-state index in [2.05, 4.69) is 0 Å². The smallest absolute Gasteiger partial charge is 0.351 e. The summed E-state index contributed by atoms with van der Waals surface area (Å²) in [7, 11) is 0. The lowest BCUT2D eigenvalue weighted by molar-refractivity contribution is -0.159. The fraction of sp³-hybridized carbons (Fsp3) is 0.692. The predicted octanol–water partition coefficient (Wildman–Crippen LogP) is 1.92. The van der Waals surface area contributed by atoms with Crippen LogP contribution in [0.5, 0.6) is 0 Å². The first-order chi connectivity index (χ1) is 7.97. The van der Waals surface area contributed by atoms with Crippen LogP contribution in [0, 0.1) is 11.8 Å². The number of hydrogen-bond acceptors (Lipinski definition) is 4. The van der Waals surface area contributed by atoms with E-state index in [9.17, 15) is 9.59 Å². The van der Waals surface area contributed by atoms with Gasteiger partial charge in [-0.05, 0) is 39.2 Å². The highest BCUT2D eigenvalue weighted by molar-refractivity contribution is 5.88. The third kappa shape index (κ3) is 4.77. The molecule has 0 aromatic rings. The van der Waals surface area contributed by atoms with Crippen molar-refractivity contribution in [1.29, 1.82) is 0 Å². The van der Waals surface area contributed by atoms with E-state index >= 15 is 0 Å². The molecular weight excluding hydrogens is 234 g/mol. The number of hydrogen-bond donors (Lipinski definition) is 2. The van der Waals surface area contributed by atoms with E-state index in [1.807, 2.05) is 13.8 Å². The highest BCUT2D eigenvalue weighted by Crippen LogP contribution is 2.25. The zero-order chi connectivity index (χ0) is 14.7. The molecule has 0 heterocycles. The zero-order valence-corrected chi connectivity index (χ0v) is 11.9. The fourth-order valence-electron chi connectivity index (χ4n) is 1.65. The standard InChI is InChI=1S/C13H23NO4/c1-7(2)9(8(3)10(14)11(15)16)12(17)18-13(4,5)6/h7,9H,14H2,1-6H3,(H,15,16). The molecule has 5 heteroatoms. The summed E-state index contributed by atoms with van der Waals surface area (Å²) in [6.07, 6.45) is 0. The summed E-state index contributed by atoms with van der Waals surface area (Å²) in [5.41, 5.74) is 4.91. The maximum atomic E-state index is 12.1. The molecule has 104 valence electrons. The molecule has 1 unspecified atom stereocenters. The molecular formula is C13H23NO4. The van der Waals surface area contributed by atoms with Gasteiger partial charge in [-0.3, -0.25) is 4.79 Å². The second-order valence-electron chi connectivity index (χ2n) is 5.66. The van der Waals surface area contributed by atoms with Gasteiger partial charge in [0.05, 0.1) is 5.92 Å². The van der Waals surface area contributed by atoms with Gasteiger partial charge in [-0.15, -0.1) is 0 Å². The van der Waals surface area contributed by atoms with Crippen LogP contribution in [0.2, 0.25) is 0 Å². The van der Waals surface area contributed by atoms with Gasteiger partial charge in [0.15, 0.2) is 0 Å². The van der Waals surface area contributed by atoms with Gasteiger partial charge in [0.2, 0.25) is 0 Å².